The van der Waals surface area contributed by atoms with Crippen molar-refractivity contribution in [1.29, 1.82) is 0 Å². The summed E-state index contributed by atoms with van der Waals surface area (Å²) in [5.74, 6) is 3.01. The summed E-state index contributed by atoms with van der Waals surface area (Å²) in [4.78, 5) is 25.4. The molecule has 4 fully saturated rings. The molecule has 9 heteroatoms. The van der Waals surface area contributed by atoms with Crippen LogP contribution in [0.3, 0.4) is 0 Å². The lowest BCUT2D eigenvalue weighted by molar-refractivity contribution is -0.0638. The number of hydrogen-bond donors (Lipinski definition) is 1. The van der Waals surface area contributed by atoms with Crippen LogP contribution >= 0.6 is 22.9 Å². The summed E-state index contributed by atoms with van der Waals surface area (Å²) >= 11 is 8.49. The predicted molar refractivity (Wildman–Crippen MR) is 185 cm³/mol. The van der Waals surface area contributed by atoms with E-state index in [2.05, 4.69) is 38.9 Å². The highest BCUT2D eigenvalue weighted by Crippen LogP contribution is 2.60. The molecule has 2 aromatic carbocycles. The van der Waals surface area contributed by atoms with Gasteiger partial charge in [0.05, 0.1) is 16.4 Å². The standard InChI is InChI=1S/C37H37ClN6OS/c1-22-29(19-39-44(22)21-37-16-23-13-24(17-37)15-25(14-23)18-37)27-9-10-33(41-34(27)38)42-35(45)28-6-4-5-26-11-12-43(20-30(26)28)36-40-31-7-2-3-8-32(31)46-36/h2-10,19,23-25H,11-18,20-21H2,1H3,(H,41,42,45). The molecule has 0 unspecified atom stereocenters. The lowest BCUT2D eigenvalue weighted by Gasteiger charge is -2.56. The number of carbonyl (C=O) groups excluding carboxylic acids is 1. The van der Waals surface area contributed by atoms with E-state index in [1.807, 2.05) is 48.7 Å². The van der Waals surface area contributed by atoms with Gasteiger partial charge < -0.3 is 10.2 Å². The molecule has 4 saturated carbocycles. The third-order valence-electron chi connectivity index (χ3n) is 11.2. The summed E-state index contributed by atoms with van der Waals surface area (Å²) in [7, 11) is 0. The number of amides is 1. The maximum absolute atomic E-state index is 13.7. The first kappa shape index (κ1) is 28.5. The van der Waals surface area contributed by atoms with Crippen molar-refractivity contribution in [1.82, 2.24) is 19.7 Å². The van der Waals surface area contributed by atoms with Crippen molar-refractivity contribution < 1.29 is 4.79 Å². The second kappa shape index (κ2) is 10.9. The van der Waals surface area contributed by atoms with Crippen LogP contribution in [0, 0.1) is 30.1 Å². The number of benzene rings is 2. The molecular weight excluding hydrogens is 612 g/mol. The number of pyridine rings is 1. The van der Waals surface area contributed by atoms with Crippen LogP contribution in [0.5, 0.6) is 0 Å². The molecule has 4 aliphatic carbocycles. The van der Waals surface area contributed by atoms with Crippen LogP contribution in [-0.4, -0.2) is 32.2 Å². The molecule has 1 N–H and O–H groups in total. The Morgan fingerprint density at radius 2 is 1.76 bits per heavy atom. The van der Waals surface area contributed by atoms with Gasteiger partial charge in [0.2, 0.25) is 0 Å². The molecule has 4 bridgehead atoms. The zero-order valence-corrected chi connectivity index (χ0v) is 27.6. The van der Waals surface area contributed by atoms with Crippen LogP contribution in [0.25, 0.3) is 21.3 Å². The highest BCUT2D eigenvalue weighted by Gasteiger charge is 2.51. The summed E-state index contributed by atoms with van der Waals surface area (Å²) < 4.78 is 3.39. The van der Waals surface area contributed by atoms with E-state index >= 15 is 0 Å². The Balaban J connectivity index is 0.925. The largest absolute Gasteiger partial charge is 0.343 e. The average Bonchev–Trinajstić information content (AvgIpc) is 3.63. The number of nitrogens with zero attached hydrogens (tertiary/aromatic N) is 5. The summed E-state index contributed by atoms with van der Waals surface area (Å²) in [5, 5.41) is 9.23. The SMILES string of the molecule is Cc1c(-c2ccc(NC(=O)c3cccc4c3CN(c3nc5ccccc5s3)CC4)nc2Cl)cnn1CC12CC3CC(CC(C3)C1)C2. The molecule has 5 aromatic rings. The lowest BCUT2D eigenvalue weighted by atomic mass is 9.49. The van der Waals surface area contributed by atoms with E-state index in [1.165, 1.54) is 48.8 Å². The number of halogens is 1. The van der Waals surface area contributed by atoms with Crippen molar-refractivity contribution in [3.8, 4) is 11.1 Å². The zero-order valence-electron chi connectivity index (χ0n) is 26.0. The monoisotopic (exact) mass is 648 g/mol. The van der Waals surface area contributed by atoms with Gasteiger partial charge in [0, 0.05) is 42.0 Å². The van der Waals surface area contributed by atoms with Gasteiger partial charge in [-0.25, -0.2) is 9.97 Å². The predicted octanol–water partition coefficient (Wildman–Crippen LogP) is 8.55. The number of aromatic nitrogens is 4. The average molecular weight is 649 g/mol. The maximum atomic E-state index is 13.7. The smallest absolute Gasteiger partial charge is 0.257 e. The highest BCUT2D eigenvalue weighted by molar-refractivity contribution is 7.22. The molecule has 46 heavy (non-hydrogen) atoms. The number of hydrogen-bond acceptors (Lipinski definition) is 6. The fourth-order valence-corrected chi connectivity index (χ4v) is 10.8. The topological polar surface area (TPSA) is 75.9 Å². The molecule has 7 nitrogen and oxygen atoms in total. The Bertz CT molecular complexity index is 1930. The molecule has 3 aromatic heterocycles. The van der Waals surface area contributed by atoms with E-state index in [4.69, 9.17) is 21.7 Å². The normalized spacial score (nSPS) is 24.8. The van der Waals surface area contributed by atoms with Crippen molar-refractivity contribution in [3.05, 3.63) is 88.3 Å². The maximum Gasteiger partial charge on any atom is 0.257 e. The Hall–Kier alpha value is -3.75. The minimum Gasteiger partial charge on any atom is -0.343 e. The van der Waals surface area contributed by atoms with Gasteiger partial charge in [-0.2, -0.15) is 5.10 Å². The summed E-state index contributed by atoms with van der Waals surface area (Å²) in [5.41, 5.74) is 7.29. The third-order valence-corrected chi connectivity index (χ3v) is 12.6. The van der Waals surface area contributed by atoms with Gasteiger partial charge in [-0.15, -0.1) is 0 Å². The van der Waals surface area contributed by atoms with Crippen LogP contribution in [0.2, 0.25) is 5.15 Å². The molecule has 0 atom stereocenters. The number of fused-ring (bicyclic) bond motifs is 2. The quantitative estimate of drug-likeness (QED) is 0.187. The molecule has 0 spiro atoms. The van der Waals surface area contributed by atoms with Crippen molar-refractivity contribution >= 4 is 50.0 Å². The van der Waals surface area contributed by atoms with E-state index in [0.717, 1.165) is 70.3 Å². The second-order valence-electron chi connectivity index (χ2n) is 14.3. The first-order valence-corrected chi connectivity index (χ1v) is 17.8. The Morgan fingerprint density at radius 3 is 2.52 bits per heavy atom. The van der Waals surface area contributed by atoms with Gasteiger partial charge in [0.25, 0.3) is 5.91 Å². The van der Waals surface area contributed by atoms with Gasteiger partial charge in [-0.05, 0) is 116 Å². The Kier molecular flexibility index (Phi) is 6.76. The van der Waals surface area contributed by atoms with Crippen molar-refractivity contribution in [3.63, 3.8) is 0 Å². The molecule has 5 aliphatic rings. The number of thiazole rings is 1. The summed E-state index contributed by atoms with van der Waals surface area (Å²) in [6.07, 6.45) is 11.2. The summed E-state index contributed by atoms with van der Waals surface area (Å²) in [6.45, 7) is 4.65. The van der Waals surface area contributed by atoms with Crippen molar-refractivity contribution in [2.45, 2.75) is 65.0 Å². The van der Waals surface area contributed by atoms with E-state index in [1.54, 1.807) is 11.3 Å². The lowest BCUT2D eigenvalue weighted by Crippen LogP contribution is -2.48. The van der Waals surface area contributed by atoms with Crippen LogP contribution in [0.4, 0.5) is 10.9 Å². The number of nitrogens with one attached hydrogen (secondary N) is 1. The van der Waals surface area contributed by atoms with Crippen LogP contribution in [0.15, 0.2) is 60.8 Å². The van der Waals surface area contributed by atoms with E-state index in [-0.39, 0.29) is 5.91 Å². The molecule has 10 rings (SSSR count). The van der Waals surface area contributed by atoms with E-state index < -0.39 is 0 Å². The van der Waals surface area contributed by atoms with Crippen LogP contribution < -0.4 is 10.2 Å². The van der Waals surface area contributed by atoms with Gasteiger partial charge in [0.15, 0.2) is 5.13 Å². The molecule has 0 saturated heterocycles. The highest BCUT2D eigenvalue weighted by atomic mass is 35.5. The van der Waals surface area contributed by atoms with Crippen LogP contribution in [-0.2, 0) is 19.5 Å². The van der Waals surface area contributed by atoms with Gasteiger partial charge in [-0.1, -0.05) is 47.2 Å². The van der Waals surface area contributed by atoms with E-state index in [0.29, 0.717) is 28.5 Å². The molecule has 1 aliphatic heterocycles. The first-order chi connectivity index (χ1) is 22.4. The second-order valence-corrected chi connectivity index (χ2v) is 15.7. The minimum absolute atomic E-state index is 0.182. The van der Waals surface area contributed by atoms with Gasteiger partial charge >= 0.3 is 0 Å². The Morgan fingerprint density at radius 1 is 0.978 bits per heavy atom. The molecule has 1 amide bonds. The number of rotatable bonds is 6. The molecule has 0 radical (unpaired) electrons. The van der Waals surface area contributed by atoms with E-state index in [9.17, 15) is 4.79 Å². The van der Waals surface area contributed by atoms with Crippen molar-refractivity contribution in [2.75, 3.05) is 16.8 Å². The fraction of sp³-hybridized carbons (Fsp3) is 0.405. The number of carbonyl (C=O) groups is 1. The Labute approximate surface area is 278 Å². The fourth-order valence-electron chi connectivity index (χ4n) is 9.51. The van der Waals surface area contributed by atoms with Gasteiger partial charge in [0.1, 0.15) is 11.0 Å². The third kappa shape index (κ3) is 4.92. The molecular formula is C37H37ClN6OS. The first-order valence-electron chi connectivity index (χ1n) is 16.6. The molecule has 4 heterocycles. The van der Waals surface area contributed by atoms with Gasteiger partial charge in [-0.3, -0.25) is 9.48 Å². The van der Waals surface area contributed by atoms with Crippen LogP contribution in [0.1, 0.15) is 65.7 Å². The number of para-hydroxylation sites is 1. The molecule has 234 valence electrons. The summed E-state index contributed by atoms with van der Waals surface area (Å²) in [6, 6.07) is 18.0. The minimum atomic E-state index is -0.182. The van der Waals surface area contributed by atoms with Crippen molar-refractivity contribution in [2.24, 2.45) is 23.2 Å². The zero-order chi connectivity index (χ0) is 31.0. The number of anilines is 2.